The number of nitrogens with zero attached hydrogens (tertiary/aromatic N) is 4. The van der Waals surface area contributed by atoms with Crippen LogP contribution in [0.1, 0.15) is 35.3 Å². The number of hydrogen-bond acceptors (Lipinski definition) is 7. The van der Waals surface area contributed by atoms with E-state index in [1.54, 1.807) is 12.1 Å². The van der Waals surface area contributed by atoms with Crippen LogP contribution in [0.15, 0.2) is 24.8 Å². The van der Waals surface area contributed by atoms with Gasteiger partial charge in [-0.15, -0.1) is 0 Å². The summed E-state index contributed by atoms with van der Waals surface area (Å²) < 4.78 is 6.55. The van der Waals surface area contributed by atoms with E-state index in [0.717, 1.165) is 0 Å². The molecule has 2 aromatic heterocycles. The molecule has 0 unspecified atom stereocenters. The second-order valence-corrected chi connectivity index (χ2v) is 5.52. The van der Waals surface area contributed by atoms with E-state index in [-0.39, 0.29) is 36.6 Å². The number of ether oxygens (including phenoxy) is 1. The van der Waals surface area contributed by atoms with Gasteiger partial charge in [-0.2, -0.15) is 5.10 Å². The summed E-state index contributed by atoms with van der Waals surface area (Å²) in [6.07, 6.45) is 3.87. The number of pyridine rings is 1. The molecule has 1 saturated carbocycles. The first-order valence-electron chi connectivity index (χ1n) is 7.55. The Morgan fingerprint density at radius 3 is 2.67 bits per heavy atom. The van der Waals surface area contributed by atoms with Crippen molar-refractivity contribution in [2.75, 3.05) is 7.11 Å². The van der Waals surface area contributed by atoms with Gasteiger partial charge in [0, 0.05) is 25.5 Å². The lowest BCUT2D eigenvalue weighted by atomic mass is 9.81. The van der Waals surface area contributed by atoms with Crippen LogP contribution in [0.4, 0.5) is 0 Å². The molecular formula is C16H16N4O4. The molecular weight excluding hydrogens is 312 g/mol. The average molecular weight is 328 g/mol. The zero-order valence-electron chi connectivity index (χ0n) is 13.1. The lowest BCUT2D eigenvalue weighted by molar-refractivity contribution is -0.133. The van der Waals surface area contributed by atoms with Crippen LogP contribution in [-0.2, 0) is 20.9 Å². The summed E-state index contributed by atoms with van der Waals surface area (Å²) in [6.45, 7) is 0.0821. The summed E-state index contributed by atoms with van der Waals surface area (Å²) >= 11 is 0. The number of aromatic nitrogens is 4. The molecule has 0 amide bonds. The van der Waals surface area contributed by atoms with Crippen LogP contribution < -0.4 is 0 Å². The maximum atomic E-state index is 12.7. The zero-order valence-corrected chi connectivity index (χ0v) is 13.1. The predicted octanol–water partition coefficient (Wildman–Crippen LogP) is 0.930. The maximum Gasteiger partial charge on any atom is 0.182 e. The normalized spacial score (nSPS) is 15.7. The fraction of sp³-hybridized carbons (Fsp3) is 0.375. The number of carbonyl (C=O) groups is 3. The molecule has 0 N–H and O–H groups in total. The van der Waals surface area contributed by atoms with Gasteiger partial charge in [-0.05, 0) is 18.6 Å². The molecule has 2 heterocycles. The highest BCUT2D eigenvalue weighted by Gasteiger charge is 2.37. The van der Waals surface area contributed by atoms with Crippen LogP contribution in [0.2, 0.25) is 0 Å². The van der Waals surface area contributed by atoms with E-state index < -0.39 is 11.7 Å². The Hall–Kier alpha value is -2.74. The molecule has 2 aromatic rings. The lowest BCUT2D eigenvalue weighted by Crippen LogP contribution is -2.35. The fourth-order valence-corrected chi connectivity index (χ4v) is 2.77. The molecule has 1 fully saturated rings. The summed E-state index contributed by atoms with van der Waals surface area (Å²) in [4.78, 5) is 45.0. The van der Waals surface area contributed by atoms with E-state index >= 15 is 0 Å². The van der Waals surface area contributed by atoms with E-state index in [9.17, 15) is 14.4 Å². The van der Waals surface area contributed by atoms with Gasteiger partial charge < -0.3 is 4.74 Å². The Kier molecular flexibility index (Phi) is 4.57. The summed E-state index contributed by atoms with van der Waals surface area (Å²) in [5, 5.41) is 3.99. The largest absolute Gasteiger partial charge is 0.378 e. The molecule has 0 spiro atoms. The Morgan fingerprint density at radius 2 is 2.04 bits per heavy atom. The number of methoxy groups -OCH3 is 1. The van der Waals surface area contributed by atoms with Crippen LogP contribution >= 0.6 is 0 Å². The number of ketones is 3. The molecule has 1 aliphatic rings. The van der Waals surface area contributed by atoms with Gasteiger partial charge in [0.2, 0.25) is 0 Å². The van der Waals surface area contributed by atoms with Crippen molar-refractivity contribution >= 4 is 17.3 Å². The molecule has 8 nitrogen and oxygen atoms in total. The minimum absolute atomic E-state index is 0.0821. The SMILES string of the molecule is COCc1nc(-n2cncn2)ccc1C(=O)C1C(=O)CCCC1=O. The third kappa shape index (κ3) is 3.00. The molecule has 0 bridgehead atoms. The van der Waals surface area contributed by atoms with Gasteiger partial charge in [0.15, 0.2) is 23.2 Å². The predicted molar refractivity (Wildman–Crippen MR) is 81.6 cm³/mol. The molecule has 24 heavy (non-hydrogen) atoms. The van der Waals surface area contributed by atoms with E-state index in [2.05, 4.69) is 15.1 Å². The van der Waals surface area contributed by atoms with Gasteiger partial charge >= 0.3 is 0 Å². The van der Waals surface area contributed by atoms with Crippen molar-refractivity contribution in [3.05, 3.63) is 36.0 Å². The number of hydrogen-bond donors (Lipinski definition) is 0. The van der Waals surface area contributed by atoms with Crippen molar-refractivity contribution in [3.63, 3.8) is 0 Å². The number of rotatable bonds is 5. The van der Waals surface area contributed by atoms with Crippen molar-refractivity contribution in [3.8, 4) is 5.82 Å². The maximum absolute atomic E-state index is 12.7. The summed E-state index contributed by atoms with van der Waals surface area (Å²) in [7, 11) is 1.48. The zero-order chi connectivity index (χ0) is 17.1. The summed E-state index contributed by atoms with van der Waals surface area (Å²) in [5.74, 6) is -1.89. The Morgan fingerprint density at radius 1 is 1.29 bits per heavy atom. The number of carbonyl (C=O) groups excluding carboxylic acids is 3. The monoisotopic (exact) mass is 328 g/mol. The standard InChI is InChI=1S/C16H16N4O4/c1-24-7-11-10(5-6-14(19-11)20-9-17-8-18-20)16(23)15-12(21)3-2-4-13(15)22/h5-6,8-9,15H,2-4,7H2,1H3. The first-order valence-corrected chi connectivity index (χ1v) is 7.55. The highest BCUT2D eigenvalue weighted by Crippen LogP contribution is 2.23. The van der Waals surface area contributed by atoms with Crippen LogP contribution in [0.25, 0.3) is 5.82 Å². The van der Waals surface area contributed by atoms with Gasteiger partial charge in [-0.3, -0.25) is 14.4 Å². The third-order valence-corrected chi connectivity index (χ3v) is 3.91. The molecule has 0 atom stereocenters. The van der Waals surface area contributed by atoms with Gasteiger partial charge in [-0.1, -0.05) is 0 Å². The summed E-state index contributed by atoms with van der Waals surface area (Å²) in [5.41, 5.74) is 0.594. The quantitative estimate of drug-likeness (QED) is 0.594. The van der Waals surface area contributed by atoms with Gasteiger partial charge in [0.05, 0.1) is 12.3 Å². The minimum atomic E-state index is -1.21. The van der Waals surface area contributed by atoms with Crippen molar-refractivity contribution in [1.29, 1.82) is 0 Å². The molecule has 3 rings (SSSR count). The lowest BCUT2D eigenvalue weighted by Gasteiger charge is -2.19. The van der Waals surface area contributed by atoms with Crippen LogP contribution in [0, 0.1) is 5.92 Å². The van der Waals surface area contributed by atoms with Crippen molar-refractivity contribution < 1.29 is 19.1 Å². The minimum Gasteiger partial charge on any atom is -0.378 e. The van der Waals surface area contributed by atoms with Crippen LogP contribution in [-0.4, -0.2) is 44.2 Å². The molecule has 0 aliphatic heterocycles. The van der Waals surface area contributed by atoms with Crippen molar-refractivity contribution in [2.45, 2.75) is 25.9 Å². The first-order chi connectivity index (χ1) is 11.6. The Labute approximate surface area is 137 Å². The summed E-state index contributed by atoms with van der Waals surface area (Å²) in [6, 6.07) is 3.15. The van der Waals surface area contributed by atoms with Crippen LogP contribution in [0.5, 0.6) is 0 Å². The van der Waals surface area contributed by atoms with E-state index in [1.807, 2.05) is 0 Å². The molecule has 1 aliphatic carbocycles. The van der Waals surface area contributed by atoms with Gasteiger partial charge in [-0.25, -0.2) is 14.6 Å². The van der Waals surface area contributed by atoms with Crippen LogP contribution in [0.3, 0.4) is 0 Å². The van der Waals surface area contributed by atoms with E-state index in [1.165, 1.54) is 24.4 Å². The fourth-order valence-electron chi connectivity index (χ4n) is 2.77. The molecule has 8 heteroatoms. The highest BCUT2D eigenvalue weighted by atomic mass is 16.5. The first kappa shape index (κ1) is 16.1. The van der Waals surface area contributed by atoms with E-state index in [0.29, 0.717) is 17.9 Å². The topological polar surface area (TPSA) is 104 Å². The molecule has 0 saturated heterocycles. The van der Waals surface area contributed by atoms with Gasteiger partial charge in [0.1, 0.15) is 18.6 Å². The second kappa shape index (κ2) is 6.79. The second-order valence-electron chi connectivity index (χ2n) is 5.52. The van der Waals surface area contributed by atoms with Crippen molar-refractivity contribution in [2.24, 2.45) is 5.92 Å². The van der Waals surface area contributed by atoms with Gasteiger partial charge in [0.25, 0.3) is 0 Å². The smallest absolute Gasteiger partial charge is 0.182 e. The molecule has 0 aromatic carbocycles. The third-order valence-electron chi connectivity index (χ3n) is 3.91. The Balaban J connectivity index is 1.98. The van der Waals surface area contributed by atoms with Crippen molar-refractivity contribution in [1.82, 2.24) is 19.7 Å². The highest BCUT2D eigenvalue weighted by molar-refractivity contribution is 6.25. The average Bonchev–Trinajstić information content (AvgIpc) is 3.09. The Bertz CT molecular complexity index is 769. The van der Waals surface area contributed by atoms with E-state index in [4.69, 9.17) is 4.74 Å². The number of Topliss-reactive ketones (excluding diaryl/α,β-unsaturated/α-hetero) is 3. The molecule has 124 valence electrons. The molecule has 0 radical (unpaired) electrons.